The van der Waals surface area contributed by atoms with Gasteiger partial charge in [-0.25, -0.2) is 9.18 Å². The van der Waals surface area contributed by atoms with Crippen LogP contribution in [-0.2, 0) is 9.53 Å². The second kappa shape index (κ2) is 7.93. The van der Waals surface area contributed by atoms with Gasteiger partial charge in [0.15, 0.2) is 6.10 Å². The molecule has 1 atom stereocenters. The Morgan fingerprint density at radius 1 is 1.00 bits per heavy atom. The summed E-state index contributed by atoms with van der Waals surface area (Å²) < 4.78 is 18.2. The molecule has 132 valence electrons. The average molecular weight is 369 g/mol. The van der Waals surface area contributed by atoms with Gasteiger partial charge in [-0.2, -0.15) is 0 Å². The van der Waals surface area contributed by atoms with E-state index < -0.39 is 18.0 Å². The summed E-state index contributed by atoms with van der Waals surface area (Å²) in [5, 5.41) is 2.69. The van der Waals surface area contributed by atoms with Gasteiger partial charge in [-0.1, -0.05) is 30.3 Å². The minimum absolute atomic E-state index is 0.316. The molecule has 0 aliphatic carbocycles. The van der Waals surface area contributed by atoms with Crippen LogP contribution in [0.1, 0.15) is 16.6 Å². The van der Waals surface area contributed by atoms with E-state index in [2.05, 4.69) is 5.32 Å². The van der Waals surface area contributed by atoms with Crippen molar-refractivity contribution in [2.75, 3.05) is 5.32 Å². The summed E-state index contributed by atoms with van der Waals surface area (Å²) in [5.74, 6) is -1.29. The Morgan fingerprint density at radius 3 is 2.38 bits per heavy atom. The fraction of sp³-hybridized carbons (Fsp3) is 0.100. The molecular formula is C20H16FNO3S. The van der Waals surface area contributed by atoms with Crippen molar-refractivity contribution in [2.24, 2.45) is 0 Å². The molecule has 0 saturated heterocycles. The average Bonchev–Trinajstić information content (AvgIpc) is 3.13. The molecule has 0 spiro atoms. The molecule has 1 N–H and O–H groups in total. The largest absolute Gasteiger partial charge is 0.448 e. The fourth-order valence-corrected chi connectivity index (χ4v) is 3.15. The zero-order valence-corrected chi connectivity index (χ0v) is 14.8. The molecule has 2 aromatic carbocycles. The molecular weight excluding hydrogens is 353 g/mol. The van der Waals surface area contributed by atoms with Crippen LogP contribution < -0.4 is 5.32 Å². The van der Waals surface area contributed by atoms with Crippen LogP contribution in [0, 0.1) is 5.82 Å². The quantitative estimate of drug-likeness (QED) is 0.661. The van der Waals surface area contributed by atoms with Gasteiger partial charge in [-0.05, 0) is 48.9 Å². The van der Waals surface area contributed by atoms with Crippen molar-refractivity contribution in [3.63, 3.8) is 0 Å². The van der Waals surface area contributed by atoms with Crippen LogP contribution in [0.2, 0.25) is 0 Å². The normalized spacial score (nSPS) is 11.6. The van der Waals surface area contributed by atoms with Gasteiger partial charge in [0, 0.05) is 10.6 Å². The predicted octanol–water partition coefficient (Wildman–Crippen LogP) is 4.74. The second-order valence-corrected chi connectivity index (χ2v) is 6.66. The fourth-order valence-electron chi connectivity index (χ4n) is 2.25. The molecule has 0 fully saturated rings. The third-order valence-corrected chi connectivity index (χ3v) is 4.74. The Bertz CT molecular complexity index is 906. The van der Waals surface area contributed by atoms with Crippen LogP contribution >= 0.6 is 11.3 Å². The van der Waals surface area contributed by atoms with Gasteiger partial charge < -0.3 is 10.1 Å². The summed E-state index contributed by atoms with van der Waals surface area (Å²) in [4.78, 5) is 25.6. The number of thiophene rings is 1. The highest BCUT2D eigenvalue weighted by Crippen LogP contribution is 2.28. The monoisotopic (exact) mass is 369 g/mol. The lowest BCUT2D eigenvalue weighted by Crippen LogP contribution is -2.29. The molecule has 0 aliphatic heterocycles. The van der Waals surface area contributed by atoms with E-state index in [-0.39, 0.29) is 5.82 Å². The van der Waals surface area contributed by atoms with Gasteiger partial charge in [0.25, 0.3) is 5.91 Å². The van der Waals surface area contributed by atoms with Gasteiger partial charge in [0.05, 0.1) is 0 Å². The smallest absolute Gasteiger partial charge is 0.349 e. The van der Waals surface area contributed by atoms with Gasteiger partial charge >= 0.3 is 5.97 Å². The maximum Gasteiger partial charge on any atom is 0.349 e. The summed E-state index contributed by atoms with van der Waals surface area (Å²) in [6.07, 6.45) is -0.931. The van der Waals surface area contributed by atoms with Crippen LogP contribution in [0.3, 0.4) is 0 Å². The summed E-state index contributed by atoms with van der Waals surface area (Å²) in [5.41, 5.74) is 1.44. The first-order valence-corrected chi connectivity index (χ1v) is 8.77. The molecule has 1 heterocycles. The van der Waals surface area contributed by atoms with E-state index >= 15 is 0 Å². The van der Waals surface area contributed by atoms with Crippen molar-refractivity contribution < 1.29 is 18.7 Å². The number of para-hydroxylation sites is 1. The van der Waals surface area contributed by atoms with Crippen LogP contribution in [0.25, 0.3) is 10.4 Å². The highest BCUT2D eigenvalue weighted by molar-refractivity contribution is 7.17. The number of ether oxygens (including phenoxy) is 1. The standard InChI is InChI=1S/C20H16FNO3S/c1-13(19(23)22-16-5-3-2-4-6-16)25-20(24)18-12-11-17(26-18)14-7-9-15(21)10-8-14/h2-13H,1H3,(H,22,23). The molecule has 1 aromatic heterocycles. The van der Waals surface area contributed by atoms with E-state index in [1.807, 2.05) is 6.07 Å². The van der Waals surface area contributed by atoms with Gasteiger partial charge in [0.2, 0.25) is 0 Å². The SMILES string of the molecule is CC(OC(=O)c1ccc(-c2ccc(F)cc2)s1)C(=O)Nc1ccccc1. The summed E-state index contributed by atoms with van der Waals surface area (Å²) >= 11 is 1.23. The van der Waals surface area contributed by atoms with E-state index in [9.17, 15) is 14.0 Å². The Hall–Kier alpha value is -2.99. The Labute approximate surface area is 154 Å². The van der Waals surface area contributed by atoms with Crippen molar-refractivity contribution in [1.29, 1.82) is 0 Å². The summed E-state index contributed by atoms with van der Waals surface area (Å²) in [7, 11) is 0. The minimum atomic E-state index is -0.931. The van der Waals surface area contributed by atoms with E-state index in [1.165, 1.54) is 30.4 Å². The lowest BCUT2D eigenvalue weighted by molar-refractivity contribution is -0.123. The number of carbonyl (C=O) groups is 2. The van der Waals surface area contributed by atoms with Crippen molar-refractivity contribution in [2.45, 2.75) is 13.0 Å². The number of amides is 1. The number of hydrogen-bond acceptors (Lipinski definition) is 4. The number of esters is 1. The topological polar surface area (TPSA) is 55.4 Å². The lowest BCUT2D eigenvalue weighted by atomic mass is 10.2. The molecule has 0 bridgehead atoms. The molecule has 1 unspecified atom stereocenters. The first kappa shape index (κ1) is 17.8. The molecule has 0 aliphatic rings. The van der Waals surface area contributed by atoms with E-state index in [0.717, 1.165) is 10.4 Å². The number of hydrogen-bond donors (Lipinski definition) is 1. The number of rotatable bonds is 5. The lowest BCUT2D eigenvalue weighted by Gasteiger charge is -2.12. The molecule has 26 heavy (non-hydrogen) atoms. The van der Waals surface area contributed by atoms with Crippen LogP contribution in [0.5, 0.6) is 0 Å². The van der Waals surface area contributed by atoms with E-state index in [1.54, 1.807) is 48.5 Å². The number of halogens is 1. The molecule has 4 nitrogen and oxygen atoms in total. The van der Waals surface area contributed by atoms with Crippen LogP contribution in [-0.4, -0.2) is 18.0 Å². The first-order chi connectivity index (χ1) is 12.5. The maximum absolute atomic E-state index is 13.0. The van der Waals surface area contributed by atoms with Crippen LogP contribution in [0.15, 0.2) is 66.7 Å². The Balaban J connectivity index is 1.62. The third kappa shape index (κ3) is 4.34. The van der Waals surface area contributed by atoms with E-state index in [4.69, 9.17) is 4.74 Å². The molecule has 1 amide bonds. The zero-order valence-electron chi connectivity index (χ0n) is 13.9. The first-order valence-electron chi connectivity index (χ1n) is 7.95. The van der Waals surface area contributed by atoms with E-state index in [0.29, 0.717) is 10.6 Å². The maximum atomic E-state index is 13.0. The zero-order chi connectivity index (χ0) is 18.5. The van der Waals surface area contributed by atoms with Gasteiger partial charge in [0.1, 0.15) is 10.7 Å². The number of benzene rings is 2. The number of carbonyl (C=O) groups excluding carboxylic acids is 2. The number of anilines is 1. The predicted molar refractivity (Wildman–Crippen MR) is 99.7 cm³/mol. The Kier molecular flexibility index (Phi) is 5.43. The van der Waals surface area contributed by atoms with Crippen LogP contribution in [0.4, 0.5) is 10.1 Å². The summed E-state index contributed by atoms with van der Waals surface area (Å²) in [6, 6.07) is 18.4. The highest BCUT2D eigenvalue weighted by Gasteiger charge is 2.20. The molecule has 3 aromatic rings. The number of nitrogens with one attached hydrogen (secondary N) is 1. The highest BCUT2D eigenvalue weighted by atomic mass is 32.1. The molecule has 6 heteroatoms. The van der Waals surface area contributed by atoms with Gasteiger partial charge in [-0.3, -0.25) is 4.79 Å². The van der Waals surface area contributed by atoms with Crippen molar-refractivity contribution in [3.8, 4) is 10.4 Å². The third-order valence-electron chi connectivity index (χ3n) is 3.63. The van der Waals surface area contributed by atoms with Crippen molar-refractivity contribution >= 4 is 28.9 Å². The molecule has 3 rings (SSSR count). The second-order valence-electron chi connectivity index (χ2n) is 5.57. The molecule has 0 radical (unpaired) electrons. The van der Waals surface area contributed by atoms with Crippen molar-refractivity contribution in [1.82, 2.24) is 0 Å². The van der Waals surface area contributed by atoms with Crippen molar-refractivity contribution in [3.05, 3.63) is 77.4 Å². The summed E-state index contributed by atoms with van der Waals surface area (Å²) in [6.45, 7) is 1.52. The molecule has 0 saturated carbocycles. The minimum Gasteiger partial charge on any atom is -0.448 e. The van der Waals surface area contributed by atoms with Gasteiger partial charge in [-0.15, -0.1) is 11.3 Å². The Morgan fingerprint density at radius 2 is 1.69 bits per heavy atom.